The van der Waals surface area contributed by atoms with Gasteiger partial charge < -0.3 is 15.5 Å². The Bertz CT molecular complexity index is 555. The molecule has 18 heavy (non-hydrogen) atoms. The Labute approximate surface area is 115 Å². The van der Waals surface area contributed by atoms with Crippen LogP contribution in [0.2, 0.25) is 0 Å². The van der Waals surface area contributed by atoms with Crippen LogP contribution in [0.15, 0.2) is 22.9 Å². The van der Waals surface area contributed by atoms with Crippen LogP contribution in [0.25, 0.3) is 5.52 Å². The van der Waals surface area contributed by atoms with Crippen LogP contribution in [0.4, 0.5) is 5.69 Å². The Balaban J connectivity index is 2.07. The maximum Gasteiger partial charge on any atom is 0.132 e. The van der Waals surface area contributed by atoms with E-state index in [-0.39, 0.29) is 0 Å². The predicted octanol–water partition coefficient (Wildman–Crippen LogP) is 2.54. The molecule has 0 bridgehead atoms. The van der Waals surface area contributed by atoms with Crippen LogP contribution >= 0.6 is 15.9 Å². The largest absolute Gasteiger partial charge is 0.398 e. The summed E-state index contributed by atoms with van der Waals surface area (Å²) < 4.78 is 3.03. The van der Waals surface area contributed by atoms with Gasteiger partial charge in [-0.1, -0.05) is 6.42 Å². The van der Waals surface area contributed by atoms with E-state index in [0.29, 0.717) is 5.92 Å². The smallest absolute Gasteiger partial charge is 0.132 e. The second-order valence-electron chi connectivity index (χ2n) is 4.88. The molecule has 0 aromatic carbocycles. The Kier molecular flexibility index (Phi) is 3.26. The average molecular weight is 309 g/mol. The number of halogens is 1. The number of pyridine rings is 1. The first kappa shape index (κ1) is 12.0. The van der Waals surface area contributed by atoms with Crippen molar-refractivity contribution >= 4 is 27.1 Å². The summed E-state index contributed by atoms with van der Waals surface area (Å²) in [7, 11) is 0. The zero-order chi connectivity index (χ0) is 12.5. The number of hydrogen-bond acceptors (Lipinski definition) is 3. The SMILES string of the molecule is Nc1ccc2c(Br)nc(C3CCCCNC3)n2c1. The molecule has 96 valence electrons. The van der Waals surface area contributed by atoms with E-state index in [1.165, 1.54) is 19.3 Å². The first-order chi connectivity index (χ1) is 8.75. The van der Waals surface area contributed by atoms with Crippen molar-refractivity contribution in [2.45, 2.75) is 25.2 Å². The van der Waals surface area contributed by atoms with Crippen LogP contribution in [0.3, 0.4) is 0 Å². The maximum absolute atomic E-state index is 5.88. The van der Waals surface area contributed by atoms with Gasteiger partial charge in [-0.2, -0.15) is 0 Å². The Morgan fingerprint density at radius 3 is 3.17 bits per heavy atom. The lowest BCUT2D eigenvalue weighted by Gasteiger charge is -2.13. The highest BCUT2D eigenvalue weighted by Gasteiger charge is 2.20. The number of nitrogens with one attached hydrogen (secondary N) is 1. The summed E-state index contributed by atoms with van der Waals surface area (Å²) in [5, 5.41) is 3.48. The van der Waals surface area contributed by atoms with Crippen molar-refractivity contribution in [2.75, 3.05) is 18.8 Å². The van der Waals surface area contributed by atoms with E-state index < -0.39 is 0 Å². The minimum atomic E-state index is 0.466. The molecular weight excluding hydrogens is 292 g/mol. The van der Waals surface area contributed by atoms with Crippen LogP contribution < -0.4 is 11.1 Å². The second-order valence-corrected chi connectivity index (χ2v) is 5.63. The summed E-state index contributed by atoms with van der Waals surface area (Å²) in [5.41, 5.74) is 7.74. The van der Waals surface area contributed by atoms with Crippen LogP contribution in [0.1, 0.15) is 31.0 Å². The van der Waals surface area contributed by atoms with E-state index >= 15 is 0 Å². The molecule has 3 rings (SSSR count). The topological polar surface area (TPSA) is 55.3 Å². The van der Waals surface area contributed by atoms with E-state index in [1.807, 2.05) is 18.3 Å². The van der Waals surface area contributed by atoms with E-state index in [9.17, 15) is 0 Å². The molecule has 1 atom stereocenters. The minimum Gasteiger partial charge on any atom is -0.398 e. The number of aromatic nitrogens is 2. The molecule has 4 nitrogen and oxygen atoms in total. The molecule has 1 fully saturated rings. The van der Waals surface area contributed by atoms with E-state index in [1.54, 1.807) is 0 Å². The third-order valence-electron chi connectivity index (χ3n) is 3.55. The van der Waals surface area contributed by atoms with Gasteiger partial charge in [0.25, 0.3) is 0 Å². The van der Waals surface area contributed by atoms with Crippen LogP contribution in [0.5, 0.6) is 0 Å². The van der Waals surface area contributed by atoms with Gasteiger partial charge in [0.05, 0.1) is 5.52 Å². The zero-order valence-electron chi connectivity index (χ0n) is 10.2. The molecule has 1 unspecified atom stereocenters. The number of nitrogens with zero attached hydrogens (tertiary/aromatic N) is 2. The maximum atomic E-state index is 5.88. The van der Waals surface area contributed by atoms with Crippen molar-refractivity contribution in [2.24, 2.45) is 0 Å². The molecule has 0 spiro atoms. The van der Waals surface area contributed by atoms with Gasteiger partial charge in [0.2, 0.25) is 0 Å². The standard InChI is InChI=1S/C13H17BrN4/c14-12-11-5-4-10(15)8-18(11)13(17-12)9-3-1-2-6-16-7-9/h4-5,8-9,16H,1-3,6-7,15H2. The first-order valence-corrected chi connectivity index (χ1v) is 7.18. The molecule has 3 N–H and O–H groups in total. The molecule has 2 aromatic rings. The fourth-order valence-corrected chi connectivity index (χ4v) is 3.12. The predicted molar refractivity (Wildman–Crippen MR) is 76.8 cm³/mol. The monoisotopic (exact) mass is 308 g/mol. The fraction of sp³-hybridized carbons (Fsp3) is 0.462. The quantitative estimate of drug-likeness (QED) is 0.851. The van der Waals surface area contributed by atoms with Crippen molar-refractivity contribution in [1.29, 1.82) is 0 Å². The van der Waals surface area contributed by atoms with Gasteiger partial charge in [0.15, 0.2) is 0 Å². The van der Waals surface area contributed by atoms with E-state index in [4.69, 9.17) is 5.73 Å². The molecule has 5 heteroatoms. The van der Waals surface area contributed by atoms with Gasteiger partial charge in [0, 0.05) is 24.3 Å². The number of nitrogen functional groups attached to an aromatic ring is 1. The number of imidazole rings is 1. The summed E-state index contributed by atoms with van der Waals surface area (Å²) in [6.45, 7) is 2.11. The lowest BCUT2D eigenvalue weighted by atomic mass is 10.0. The molecule has 0 amide bonds. The van der Waals surface area contributed by atoms with Crippen LogP contribution in [-0.2, 0) is 0 Å². The Hall–Kier alpha value is -1.07. The molecule has 1 aliphatic rings. The van der Waals surface area contributed by atoms with Gasteiger partial charge >= 0.3 is 0 Å². The number of rotatable bonds is 1. The molecule has 1 saturated heterocycles. The van der Waals surface area contributed by atoms with E-state index in [0.717, 1.165) is 34.7 Å². The van der Waals surface area contributed by atoms with Crippen LogP contribution in [-0.4, -0.2) is 22.5 Å². The van der Waals surface area contributed by atoms with Gasteiger partial charge in [0.1, 0.15) is 10.4 Å². The summed E-state index contributed by atoms with van der Waals surface area (Å²) in [6, 6.07) is 3.93. The second kappa shape index (κ2) is 4.90. The number of anilines is 1. The highest BCUT2D eigenvalue weighted by atomic mass is 79.9. The number of nitrogens with two attached hydrogens (primary N) is 1. The van der Waals surface area contributed by atoms with Crippen molar-refractivity contribution in [3.8, 4) is 0 Å². The Morgan fingerprint density at radius 2 is 2.28 bits per heavy atom. The van der Waals surface area contributed by atoms with Gasteiger partial charge in [-0.05, 0) is 47.4 Å². The minimum absolute atomic E-state index is 0.466. The fourth-order valence-electron chi connectivity index (χ4n) is 2.61. The van der Waals surface area contributed by atoms with Gasteiger partial charge in [-0.3, -0.25) is 0 Å². The summed E-state index contributed by atoms with van der Waals surface area (Å²) in [6.07, 6.45) is 5.66. The summed E-state index contributed by atoms with van der Waals surface area (Å²) in [4.78, 5) is 4.68. The highest BCUT2D eigenvalue weighted by Crippen LogP contribution is 2.28. The molecule has 3 heterocycles. The lowest BCUT2D eigenvalue weighted by Crippen LogP contribution is -2.20. The molecule has 0 radical (unpaired) electrons. The summed E-state index contributed by atoms with van der Waals surface area (Å²) >= 11 is 3.54. The van der Waals surface area contributed by atoms with Gasteiger partial charge in [-0.25, -0.2) is 4.98 Å². The number of fused-ring (bicyclic) bond motifs is 1. The highest BCUT2D eigenvalue weighted by molar-refractivity contribution is 9.10. The van der Waals surface area contributed by atoms with Gasteiger partial charge in [-0.15, -0.1) is 0 Å². The lowest BCUT2D eigenvalue weighted by molar-refractivity contribution is 0.576. The average Bonchev–Trinajstić information content (AvgIpc) is 2.58. The summed E-state index contributed by atoms with van der Waals surface area (Å²) in [5.74, 6) is 1.58. The van der Waals surface area contributed by atoms with Crippen LogP contribution in [0, 0.1) is 0 Å². The number of hydrogen-bond donors (Lipinski definition) is 2. The third-order valence-corrected chi connectivity index (χ3v) is 4.14. The Morgan fingerprint density at radius 1 is 1.39 bits per heavy atom. The normalized spacial score (nSPS) is 21.1. The molecule has 0 saturated carbocycles. The van der Waals surface area contributed by atoms with Crippen molar-refractivity contribution in [1.82, 2.24) is 14.7 Å². The molecule has 0 aliphatic carbocycles. The zero-order valence-corrected chi connectivity index (χ0v) is 11.8. The van der Waals surface area contributed by atoms with E-state index in [2.05, 4.69) is 30.6 Å². The first-order valence-electron chi connectivity index (χ1n) is 6.39. The molecular formula is C13H17BrN4. The van der Waals surface area contributed by atoms with Crippen molar-refractivity contribution in [3.05, 3.63) is 28.8 Å². The van der Waals surface area contributed by atoms with Crippen molar-refractivity contribution < 1.29 is 0 Å². The van der Waals surface area contributed by atoms with Crippen molar-refractivity contribution in [3.63, 3.8) is 0 Å². The third kappa shape index (κ3) is 2.12. The molecule has 1 aliphatic heterocycles. The molecule has 2 aromatic heterocycles.